The van der Waals surface area contributed by atoms with Crippen LogP contribution in [0.15, 0.2) is 42.5 Å². The van der Waals surface area contributed by atoms with Crippen LogP contribution in [0.25, 0.3) is 0 Å². The fourth-order valence-corrected chi connectivity index (χ4v) is 2.28. The van der Waals surface area contributed by atoms with Crippen LogP contribution >= 0.6 is 0 Å². The molecule has 0 radical (unpaired) electrons. The number of benzene rings is 2. The minimum absolute atomic E-state index is 0.0643. The van der Waals surface area contributed by atoms with Crippen LogP contribution in [0.4, 0.5) is 5.69 Å². The molecule has 0 spiro atoms. The minimum Gasteiger partial charge on any atom is -0.496 e. The molecule has 0 aromatic heterocycles. The number of ether oxygens (including phenoxy) is 1. The van der Waals surface area contributed by atoms with E-state index in [4.69, 9.17) is 9.84 Å². The monoisotopic (exact) mass is 282 g/mol. The first-order valence-corrected chi connectivity index (χ1v) is 6.66. The van der Waals surface area contributed by atoms with Crippen molar-refractivity contribution in [1.29, 1.82) is 5.26 Å². The van der Waals surface area contributed by atoms with E-state index in [0.717, 1.165) is 22.6 Å². The van der Waals surface area contributed by atoms with Crippen molar-refractivity contribution < 1.29 is 9.84 Å². The molecule has 0 unspecified atom stereocenters. The topological polar surface area (TPSA) is 56.5 Å². The summed E-state index contributed by atoms with van der Waals surface area (Å²) in [5, 5.41) is 18.4. The van der Waals surface area contributed by atoms with Crippen LogP contribution in [0.2, 0.25) is 0 Å². The van der Waals surface area contributed by atoms with Gasteiger partial charge < -0.3 is 14.7 Å². The van der Waals surface area contributed by atoms with Crippen molar-refractivity contribution in [2.24, 2.45) is 0 Å². The molecular formula is C17H18N2O2. The molecule has 2 aromatic carbocycles. The fourth-order valence-electron chi connectivity index (χ4n) is 2.28. The van der Waals surface area contributed by atoms with Crippen LogP contribution in [-0.4, -0.2) is 19.3 Å². The number of hydrogen-bond donors (Lipinski definition) is 1. The first-order chi connectivity index (χ1) is 10.2. The van der Waals surface area contributed by atoms with Crippen molar-refractivity contribution in [2.75, 3.05) is 19.1 Å². The maximum Gasteiger partial charge on any atom is 0.123 e. The molecule has 0 aliphatic heterocycles. The van der Waals surface area contributed by atoms with Gasteiger partial charge in [-0.2, -0.15) is 5.26 Å². The molecule has 0 atom stereocenters. The number of anilines is 1. The minimum atomic E-state index is -0.0643. The molecular weight excluding hydrogens is 264 g/mol. The average molecular weight is 282 g/mol. The highest BCUT2D eigenvalue weighted by Crippen LogP contribution is 2.25. The van der Waals surface area contributed by atoms with Crippen molar-refractivity contribution in [3.63, 3.8) is 0 Å². The average Bonchev–Trinajstić information content (AvgIpc) is 2.54. The molecule has 21 heavy (non-hydrogen) atoms. The standard InChI is InChI=1S/C17H18N2O2/c1-19(11-14-5-3-4-6-17(14)21-2)16-8-7-13(12-20)9-15(16)10-18/h3-9,20H,11-12H2,1-2H3. The van der Waals surface area contributed by atoms with E-state index in [0.29, 0.717) is 12.1 Å². The van der Waals surface area contributed by atoms with Crippen LogP contribution in [0.3, 0.4) is 0 Å². The van der Waals surface area contributed by atoms with E-state index >= 15 is 0 Å². The molecule has 0 bridgehead atoms. The van der Waals surface area contributed by atoms with Crippen LogP contribution in [0.5, 0.6) is 5.75 Å². The summed E-state index contributed by atoms with van der Waals surface area (Å²) in [6.45, 7) is 0.572. The van der Waals surface area contributed by atoms with Crippen molar-refractivity contribution in [3.8, 4) is 11.8 Å². The van der Waals surface area contributed by atoms with Gasteiger partial charge in [0.05, 0.1) is 25.0 Å². The molecule has 0 heterocycles. The van der Waals surface area contributed by atoms with Gasteiger partial charge in [-0.3, -0.25) is 0 Å². The second kappa shape index (κ2) is 6.78. The Bertz CT molecular complexity index is 662. The lowest BCUT2D eigenvalue weighted by molar-refractivity contribution is 0.282. The third kappa shape index (κ3) is 3.33. The zero-order chi connectivity index (χ0) is 15.2. The largest absolute Gasteiger partial charge is 0.496 e. The van der Waals surface area contributed by atoms with Gasteiger partial charge >= 0.3 is 0 Å². The van der Waals surface area contributed by atoms with E-state index in [1.165, 1.54) is 0 Å². The summed E-state index contributed by atoms with van der Waals surface area (Å²) in [5.74, 6) is 0.829. The molecule has 108 valence electrons. The van der Waals surface area contributed by atoms with Crippen LogP contribution in [0, 0.1) is 11.3 Å². The number of hydrogen-bond acceptors (Lipinski definition) is 4. The van der Waals surface area contributed by atoms with Gasteiger partial charge in [-0.15, -0.1) is 0 Å². The van der Waals surface area contributed by atoms with E-state index in [1.54, 1.807) is 13.2 Å². The smallest absolute Gasteiger partial charge is 0.123 e. The molecule has 0 fully saturated rings. The van der Waals surface area contributed by atoms with Crippen molar-refractivity contribution in [2.45, 2.75) is 13.2 Å². The summed E-state index contributed by atoms with van der Waals surface area (Å²) < 4.78 is 5.35. The molecule has 0 saturated carbocycles. The van der Waals surface area contributed by atoms with E-state index in [2.05, 4.69) is 6.07 Å². The number of aliphatic hydroxyl groups excluding tert-OH is 1. The molecule has 4 heteroatoms. The molecule has 0 aliphatic carbocycles. The summed E-state index contributed by atoms with van der Waals surface area (Å²) in [4.78, 5) is 2.00. The lowest BCUT2D eigenvalue weighted by Gasteiger charge is -2.22. The van der Waals surface area contributed by atoms with Gasteiger partial charge in [0, 0.05) is 19.2 Å². The first kappa shape index (κ1) is 14.9. The van der Waals surface area contributed by atoms with E-state index in [-0.39, 0.29) is 6.61 Å². The highest BCUT2D eigenvalue weighted by atomic mass is 16.5. The number of para-hydroxylation sites is 1. The van der Waals surface area contributed by atoms with Gasteiger partial charge in [0.1, 0.15) is 11.8 Å². The van der Waals surface area contributed by atoms with E-state index in [9.17, 15) is 5.26 Å². The highest BCUT2D eigenvalue weighted by Gasteiger charge is 2.11. The number of nitrogens with zero attached hydrogens (tertiary/aromatic N) is 2. The predicted octanol–water partition coefficient (Wildman–Crippen LogP) is 2.70. The molecule has 2 rings (SSSR count). The Kier molecular flexibility index (Phi) is 4.81. The zero-order valence-electron chi connectivity index (χ0n) is 12.2. The fraction of sp³-hybridized carbons (Fsp3) is 0.235. The van der Waals surface area contributed by atoms with Gasteiger partial charge in [0.15, 0.2) is 0 Å². The molecule has 2 aromatic rings. The molecule has 0 aliphatic rings. The first-order valence-electron chi connectivity index (χ1n) is 6.66. The number of nitriles is 1. The third-order valence-electron chi connectivity index (χ3n) is 3.38. The molecule has 0 amide bonds. The lowest BCUT2D eigenvalue weighted by atomic mass is 10.1. The van der Waals surface area contributed by atoms with Crippen LogP contribution in [0.1, 0.15) is 16.7 Å². The number of aliphatic hydroxyl groups is 1. The molecule has 1 N–H and O–H groups in total. The summed E-state index contributed by atoms with van der Waals surface area (Å²) in [5.41, 5.74) is 3.18. The quantitative estimate of drug-likeness (QED) is 0.916. The Morgan fingerprint density at radius 1 is 1.24 bits per heavy atom. The van der Waals surface area contributed by atoms with Gasteiger partial charge in [-0.1, -0.05) is 24.3 Å². The Morgan fingerprint density at radius 2 is 2.00 bits per heavy atom. The Balaban J connectivity index is 2.28. The maximum atomic E-state index is 9.27. The van der Waals surface area contributed by atoms with E-state index in [1.807, 2.05) is 48.3 Å². The lowest BCUT2D eigenvalue weighted by Crippen LogP contribution is -2.18. The zero-order valence-corrected chi connectivity index (χ0v) is 12.2. The van der Waals surface area contributed by atoms with Crippen molar-refractivity contribution >= 4 is 5.69 Å². The van der Waals surface area contributed by atoms with Crippen LogP contribution < -0.4 is 9.64 Å². The second-order valence-electron chi connectivity index (χ2n) is 4.79. The Morgan fingerprint density at radius 3 is 2.67 bits per heavy atom. The van der Waals surface area contributed by atoms with Gasteiger partial charge in [-0.25, -0.2) is 0 Å². The van der Waals surface area contributed by atoms with E-state index < -0.39 is 0 Å². The third-order valence-corrected chi connectivity index (χ3v) is 3.38. The van der Waals surface area contributed by atoms with Gasteiger partial charge in [0.25, 0.3) is 0 Å². The van der Waals surface area contributed by atoms with Gasteiger partial charge in [-0.05, 0) is 23.8 Å². The summed E-state index contributed by atoms with van der Waals surface area (Å²) in [6, 6.07) is 15.4. The highest BCUT2D eigenvalue weighted by molar-refractivity contribution is 5.60. The predicted molar refractivity (Wildman–Crippen MR) is 82.2 cm³/mol. The summed E-state index contributed by atoms with van der Waals surface area (Å²) in [7, 11) is 3.58. The van der Waals surface area contributed by atoms with Gasteiger partial charge in [0.2, 0.25) is 0 Å². The Hall–Kier alpha value is -2.51. The number of rotatable bonds is 5. The van der Waals surface area contributed by atoms with Crippen molar-refractivity contribution in [3.05, 3.63) is 59.2 Å². The maximum absolute atomic E-state index is 9.27. The summed E-state index contributed by atoms with van der Waals surface area (Å²) in [6.07, 6.45) is 0. The molecule has 0 saturated heterocycles. The Labute approximate surface area is 124 Å². The number of methoxy groups -OCH3 is 1. The molecule has 4 nitrogen and oxygen atoms in total. The summed E-state index contributed by atoms with van der Waals surface area (Å²) >= 11 is 0. The second-order valence-corrected chi connectivity index (χ2v) is 4.79. The normalized spacial score (nSPS) is 10.0. The van der Waals surface area contributed by atoms with Crippen LogP contribution in [-0.2, 0) is 13.2 Å². The van der Waals surface area contributed by atoms with Crippen molar-refractivity contribution in [1.82, 2.24) is 0 Å². The SMILES string of the molecule is COc1ccccc1CN(C)c1ccc(CO)cc1C#N.